The molecule has 0 saturated carbocycles. The van der Waals surface area contributed by atoms with E-state index in [-0.39, 0.29) is 24.4 Å². The maximum absolute atomic E-state index is 5.86. The van der Waals surface area contributed by atoms with Crippen LogP contribution >= 0.6 is 0 Å². The van der Waals surface area contributed by atoms with Gasteiger partial charge in [0.1, 0.15) is 0 Å². The van der Waals surface area contributed by atoms with E-state index in [1.54, 1.807) is 0 Å². The highest BCUT2D eigenvalue weighted by molar-refractivity contribution is 5.75. The SMILES string of the molecule is C[C@@H]1CN(c2nc3nonc3nc2N2C[C@@H](C)O[C@@H](C)C2)C[C@H](C)O1. The van der Waals surface area contributed by atoms with Gasteiger partial charge in [-0.1, -0.05) is 0 Å². The highest BCUT2D eigenvalue weighted by Gasteiger charge is 2.31. The average molecular weight is 348 g/mol. The highest BCUT2D eigenvalue weighted by atomic mass is 16.6. The smallest absolute Gasteiger partial charge is 0.245 e. The van der Waals surface area contributed by atoms with Crippen LogP contribution in [0.15, 0.2) is 4.63 Å². The van der Waals surface area contributed by atoms with Gasteiger partial charge in [-0.15, -0.1) is 0 Å². The first-order valence-corrected chi connectivity index (χ1v) is 8.80. The number of nitrogens with zero attached hydrogens (tertiary/aromatic N) is 6. The zero-order valence-corrected chi connectivity index (χ0v) is 15.0. The van der Waals surface area contributed by atoms with Crippen LogP contribution in [0.4, 0.5) is 11.6 Å². The summed E-state index contributed by atoms with van der Waals surface area (Å²) in [6, 6.07) is 0. The number of ether oxygens (including phenoxy) is 2. The third-order valence-corrected chi connectivity index (χ3v) is 4.52. The van der Waals surface area contributed by atoms with E-state index in [4.69, 9.17) is 24.1 Å². The fourth-order valence-corrected chi connectivity index (χ4v) is 3.75. The fourth-order valence-electron chi connectivity index (χ4n) is 3.75. The van der Waals surface area contributed by atoms with E-state index in [2.05, 4.69) is 47.8 Å². The van der Waals surface area contributed by atoms with Crippen LogP contribution < -0.4 is 9.80 Å². The second kappa shape index (κ2) is 6.38. The zero-order valence-electron chi connectivity index (χ0n) is 15.0. The Morgan fingerprint density at radius 1 is 0.680 bits per heavy atom. The highest BCUT2D eigenvalue weighted by Crippen LogP contribution is 2.31. The van der Waals surface area contributed by atoms with E-state index in [0.29, 0.717) is 11.3 Å². The van der Waals surface area contributed by atoms with E-state index in [9.17, 15) is 0 Å². The Balaban J connectivity index is 1.76. The Hall–Kier alpha value is -2.00. The van der Waals surface area contributed by atoms with Gasteiger partial charge in [-0.05, 0) is 38.0 Å². The van der Waals surface area contributed by atoms with Gasteiger partial charge in [0.15, 0.2) is 11.6 Å². The molecule has 4 rings (SSSR count). The monoisotopic (exact) mass is 348 g/mol. The molecule has 0 amide bonds. The van der Waals surface area contributed by atoms with Crippen LogP contribution in [0.2, 0.25) is 0 Å². The van der Waals surface area contributed by atoms with Crippen molar-refractivity contribution in [2.75, 3.05) is 36.0 Å². The van der Waals surface area contributed by atoms with Gasteiger partial charge in [0.05, 0.1) is 24.4 Å². The Morgan fingerprint density at radius 2 is 1.04 bits per heavy atom. The van der Waals surface area contributed by atoms with Crippen molar-refractivity contribution in [3.8, 4) is 0 Å². The molecule has 25 heavy (non-hydrogen) atoms. The summed E-state index contributed by atoms with van der Waals surface area (Å²) in [5.74, 6) is 1.62. The molecule has 2 aliphatic heterocycles. The second-order valence-electron chi connectivity index (χ2n) is 7.11. The first kappa shape index (κ1) is 16.5. The number of anilines is 2. The number of aromatic nitrogens is 4. The predicted octanol–water partition coefficient (Wildman–Crippen LogP) is 1.24. The molecule has 0 aliphatic carbocycles. The third-order valence-electron chi connectivity index (χ3n) is 4.52. The molecule has 0 aromatic carbocycles. The lowest BCUT2D eigenvalue weighted by atomic mass is 10.2. The molecule has 2 aliphatic rings. The summed E-state index contributed by atoms with van der Waals surface area (Å²) in [5, 5.41) is 7.74. The molecule has 0 N–H and O–H groups in total. The molecule has 0 bridgehead atoms. The predicted molar refractivity (Wildman–Crippen MR) is 91.8 cm³/mol. The molecule has 9 heteroatoms. The molecule has 2 saturated heterocycles. The summed E-state index contributed by atoms with van der Waals surface area (Å²) in [4.78, 5) is 13.9. The van der Waals surface area contributed by atoms with Gasteiger partial charge >= 0.3 is 0 Å². The van der Waals surface area contributed by atoms with Crippen molar-refractivity contribution < 1.29 is 14.1 Å². The van der Waals surface area contributed by atoms with E-state index < -0.39 is 0 Å². The summed E-state index contributed by atoms with van der Waals surface area (Å²) in [5.41, 5.74) is 0.861. The van der Waals surface area contributed by atoms with Gasteiger partial charge in [0.25, 0.3) is 0 Å². The minimum atomic E-state index is 0.132. The van der Waals surface area contributed by atoms with Gasteiger partial charge in [0, 0.05) is 26.2 Å². The quantitative estimate of drug-likeness (QED) is 0.795. The summed E-state index contributed by atoms with van der Waals surface area (Å²) >= 11 is 0. The van der Waals surface area contributed by atoms with Crippen LogP contribution in [-0.4, -0.2) is 70.9 Å². The number of hydrogen-bond donors (Lipinski definition) is 0. The molecule has 2 aromatic rings. The van der Waals surface area contributed by atoms with Crippen molar-refractivity contribution in [3.63, 3.8) is 0 Å². The summed E-state index contributed by atoms with van der Waals surface area (Å²) in [6.07, 6.45) is 0.526. The van der Waals surface area contributed by atoms with Crippen molar-refractivity contribution in [2.24, 2.45) is 0 Å². The molecule has 9 nitrogen and oxygen atoms in total. The lowest BCUT2D eigenvalue weighted by molar-refractivity contribution is -0.00721. The largest absolute Gasteiger partial charge is 0.372 e. The molecular formula is C16H24N6O3. The Kier molecular flexibility index (Phi) is 4.20. The van der Waals surface area contributed by atoms with Crippen molar-refractivity contribution >= 4 is 22.9 Å². The molecule has 0 spiro atoms. The fraction of sp³-hybridized carbons (Fsp3) is 0.750. The average Bonchev–Trinajstić information content (AvgIpc) is 2.99. The van der Waals surface area contributed by atoms with Crippen LogP contribution in [0.3, 0.4) is 0 Å². The van der Waals surface area contributed by atoms with E-state index in [1.165, 1.54) is 0 Å². The standard InChI is InChI=1S/C16H24N6O3/c1-9-5-21(6-10(2)23-9)15-16(18-14-13(17-15)19-25-20-14)22-7-11(3)24-12(4)8-22/h9-12H,5-8H2,1-4H3/t9-,10+,11-,12+. The van der Waals surface area contributed by atoms with Crippen molar-refractivity contribution in [1.29, 1.82) is 0 Å². The topological polar surface area (TPSA) is 89.6 Å². The van der Waals surface area contributed by atoms with Crippen molar-refractivity contribution in [2.45, 2.75) is 52.1 Å². The minimum absolute atomic E-state index is 0.132. The molecule has 2 fully saturated rings. The van der Waals surface area contributed by atoms with Crippen molar-refractivity contribution in [3.05, 3.63) is 0 Å². The molecule has 136 valence electrons. The Morgan fingerprint density at radius 3 is 1.40 bits per heavy atom. The van der Waals surface area contributed by atoms with E-state index in [1.807, 2.05) is 0 Å². The molecule has 2 aromatic heterocycles. The molecule has 0 radical (unpaired) electrons. The summed E-state index contributed by atoms with van der Waals surface area (Å²) < 4.78 is 16.5. The maximum Gasteiger partial charge on any atom is 0.245 e. The van der Waals surface area contributed by atoms with Gasteiger partial charge in [0.2, 0.25) is 11.3 Å². The van der Waals surface area contributed by atoms with Crippen LogP contribution in [0.25, 0.3) is 11.3 Å². The van der Waals surface area contributed by atoms with Gasteiger partial charge in [-0.3, -0.25) is 0 Å². The maximum atomic E-state index is 5.86. The number of morpholine rings is 2. The van der Waals surface area contributed by atoms with Crippen molar-refractivity contribution in [1.82, 2.24) is 20.3 Å². The van der Waals surface area contributed by atoms with Gasteiger partial charge < -0.3 is 19.3 Å². The first-order chi connectivity index (χ1) is 12.0. The number of hydrogen-bond acceptors (Lipinski definition) is 9. The summed E-state index contributed by atoms with van der Waals surface area (Å²) in [6.45, 7) is 11.3. The molecule has 4 atom stereocenters. The summed E-state index contributed by atoms with van der Waals surface area (Å²) in [7, 11) is 0. The second-order valence-corrected chi connectivity index (χ2v) is 7.11. The van der Waals surface area contributed by atoms with Crippen LogP contribution in [0.5, 0.6) is 0 Å². The molecule has 4 heterocycles. The Labute approximate surface area is 146 Å². The van der Waals surface area contributed by atoms with Crippen LogP contribution in [0.1, 0.15) is 27.7 Å². The van der Waals surface area contributed by atoms with Crippen LogP contribution in [-0.2, 0) is 9.47 Å². The molecule has 0 unspecified atom stereocenters. The number of rotatable bonds is 2. The zero-order chi connectivity index (χ0) is 17.6. The van der Waals surface area contributed by atoms with Gasteiger partial charge in [-0.25, -0.2) is 14.6 Å². The molecular weight excluding hydrogens is 324 g/mol. The normalized spacial score (nSPS) is 30.9. The minimum Gasteiger partial charge on any atom is -0.372 e. The lowest BCUT2D eigenvalue weighted by Crippen LogP contribution is -2.49. The van der Waals surface area contributed by atoms with E-state index in [0.717, 1.165) is 37.8 Å². The van der Waals surface area contributed by atoms with E-state index >= 15 is 0 Å². The third kappa shape index (κ3) is 3.25. The first-order valence-electron chi connectivity index (χ1n) is 8.80. The lowest BCUT2D eigenvalue weighted by Gasteiger charge is -2.40. The Bertz CT molecular complexity index is 673. The number of fused-ring (bicyclic) bond motifs is 1. The van der Waals surface area contributed by atoms with Crippen LogP contribution in [0, 0.1) is 0 Å². The van der Waals surface area contributed by atoms with Gasteiger partial charge in [-0.2, -0.15) is 0 Å².